The maximum atomic E-state index is 12.6. The van der Waals surface area contributed by atoms with E-state index in [0.717, 1.165) is 17.9 Å². The standard InChI is InChI=1S/C22H27N3O4/c1-4-25-14(2)13-19(15(25)3)20(26)23-18-7-5-16(6-8-18)21(27)24-11-9-17(10-12-24)22(28)29/h5-8,13,17H,4,9-12H2,1-3H3,(H,23,26)(H,28,29). The molecular formula is C22H27N3O4. The lowest BCUT2D eigenvalue weighted by Gasteiger charge is -2.30. The fourth-order valence-electron chi connectivity index (χ4n) is 3.92. The lowest BCUT2D eigenvalue weighted by molar-refractivity contribution is -0.143. The van der Waals surface area contributed by atoms with Crippen LogP contribution in [0.4, 0.5) is 5.69 Å². The van der Waals surface area contributed by atoms with Gasteiger partial charge in [-0.15, -0.1) is 0 Å². The highest BCUT2D eigenvalue weighted by Gasteiger charge is 2.27. The fourth-order valence-corrected chi connectivity index (χ4v) is 3.92. The minimum Gasteiger partial charge on any atom is -0.481 e. The van der Waals surface area contributed by atoms with E-state index in [-0.39, 0.29) is 17.7 Å². The number of likely N-dealkylation sites (tertiary alicyclic amines) is 1. The van der Waals surface area contributed by atoms with Crippen LogP contribution in [0.5, 0.6) is 0 Å². The second kappa shape index (κ2) is 8.51. The number of carboxylic acid groups (broad SMARTS) is 1. The second-order valence-corrected chi connectivity index (χ2v) is 7.47. The van der Waals surface area contributed by atoms with Crippen molar-refractivity contribution in [1.82, 2.24) is 9.47 Å². The van der Waals surface area contributed by atoms with E-state index < -0.39 is 5.97 Å². The van der Waals surface area contributed by atoms with E-state index in [4.69, 9.17) is 5.11 Å². The molecule has 0 saturated carbocycles. The molecule has 2 amide bonds. The number of benzene rings is 1. The number of carbonyl (C=O) groups excluding carboxylic acids is 2. The molecule has 29 heavy (non-hydrogen) atoms. The zero-order chi connectivity index (χ0) is 21.1. The molecule has 3 rings (SSSR count). The zero-order valence-corrected chi connectivity index (χ0v) is 17.1. The summed E-state index contributed by atoms with van der Waals surface area (Å²) < 4.78 is 2.09. The van der Waals surface area contributed by atoms with E-state index in [1.165, 1.54) is 0 Å². The van der Waals surface area contributed by atoms with Crippen molar-refractivity contribution < 1.29 is 19.5 Å². The normalized spacial score (nSPS) is 14.7. The number of rotatable bonds is 5. The van der Waals surface area contributed by atoms with Crippen LogP contribution < -0.4 is 5.32 Å². The Bertz CT molecular complexity index is 922. The van der Waals surface area contributed by atoms with Crippen molar-refractivity contribution in [2.45, 2.75) is 40.2 Å². The molecule has 1 saturated heterocycles. The highest BCUT2D eigenvalue weighted by molar-refractivity contribution is 6.05. The molecule has 2 heterocycles. The SMILES string of the molecule is CCn1c(C)cc(C(=O)Nc2ccc(C(=O)N3CCC(C(=O)O)CC3)cc2)c1C. The first kappa shape index (κ1) is 20.6. The number of anilines is 1. The number of aryl methyl sites for hydroxylation is 1. The Balaban J connectivity index is 1.64. The number of aromatic nitrogens is 1. The van der Waals surface area contributed by atoms with Crippen LogP contribution >= 0.6 is 0 Å². The zero-order valence-electron chi connectivity index (χ0n) is 17.1. The number of carbonyl (C=O) groups is 3. The molecule has 154 valence electrons. The lowest BCUT2D eigenvalue weighted by atomic mass is 9.96. The van der Waals surface area contributed by atoms with Crippen molar-refractivity contribution in [1.29, 1.82) is 0 Å². The van der Waals surface area contributed by atoms with Gasteiger partial charge < -0.3 is 19.9 Å². The summed E-state index contributed by atoms with van der Waals surface area (Å²) in [6.45, 7) is 7.66. The van der Waals surface area contributed by atoms with Gasteiger partial charge in [-0.25, -0.2) is 0 Å². The molecule has 1 aromatic carbocycles. The summed E-state index contributed by atoms with van der Waals surface area (Å²) in [5, 5.41) is 12.0. The highest BCUT2D eigenvalue weighted by Crippen LogP contribution is 2.21. The van der Waals surface area contributed by atoms with Gasteiger partial charge in [-0.05, 0) is 63.9 Å². The maximum absolute atomic E-state index is 12.6. The third-order valence-electron chi connectivity index (χ3n) is 5.66. The average Bonchev–Trinajstić information content (AvgIpc) is 3.01. The Labute approximate surface area is 170 Å². The van der Waals surface area contributed by atoms with Crippen LogP contribution in [0.2, 0.25) is 0 Å². The summed E-state index contributed by atoms with van der Waals surface area (Å²) in [4.78, 5) is 38.0. The third-order valence-corrected chi connectivity index (χ3v) is 5.66. The summed E-state index contributed by atoms with van der Waals surface area (Å²) in [5.74, 6) is -1.45. The van der Waals surface area contributed by atoms with E-state index in [9.17, 15) is 14.4 Å². The molecule has 7 heteroatoms. The Morgan fingerprint density at radius 2 is 1.72 bits per heavy atom. The number of piperidine rings is 1. The summed E-state index contributed by atoms with van der Waals surface area (Å²) >= 11 is 0. The van der Waals surface area contributed by atoms with Crippen molar-refractivity contribution in [3.05, 3.63) is 52.8 Å². The van der Waals surface area contributed by atoms with Gasteiger partial charge in [-0.2, -0.15) is 0 Å². The monoisotopic (exact) mass is 397 g/mol. The molecule has 1 fully saturated rings. The summed E-state index contributed by atoms with van der Waals surface area (Å²) in [6.07, 6.45) is 0.955. The van der Waals surface area contributed by atoms with Gasteiger partial charge in [-0.1, -0.05) is 0 Å². The van der Waals surface area contributed by atoms with Gasteiger partial charge in [0, 0.05) is 42.3 Å². The van der Waals surface area contributed by atoms with Gasteiger partial charge in [0.15, 0.2) is 0 Å². The van der Waals surface area contributed by atoms with E-state index in [0.29, 0.717) is 42.7 Å². The van der Waals surface area contributed by atoms with Gasteiger partial charge in [-0.3, -0.25) is 14.4 Å². The number of carboxylic acids is 1. The van der Waals surface area contributed by atoms with Crippen LogP contribution in [-0.2, 0) is 11.3 Å². The van der Waals surface area contributed by atoms with Crippen molar-refractivity contribution >= 4 is 23.5 Å². The highest BCUT2D eigenvalue weighted by atomic mass is 16.4. The number of hydrogen-bond donors (Lipinski definition) is 2. The summed E-state index contributed by atoms with van der Waals surface area (Å²) in [5.41, 5.74) is 3.77. The molecule has 0 unspecified atom stereocenters. The molecule has 0 radical (unpaired) electrons. The largest absolute Gasteiger partial charge is 0.481 e. The number of nitrogens with zero attached hydrogens (tertiary/aromatic N) is 2. The van der Waals surface area contributed by atoms with Crippen molar-refractivity contribution in [2.24, 2.45) is 5.92 Å². The molecule has 2 aromatic rings. The van der Waals surface area contributed by atoms with Gasteiger partial charge in [0.2, 0.25) is 0 Å². The van der Waals surface area contributed by atoms with Crippen LogP contribution in [-0.4, -0.2) is 45.4 Å². The smallest absolute Gasteiger partial charge is 0.306 e. The first-order valence-electron chi connectivity index (χ1n) is 9.92. The summed E-state index contributed by atoms with van der Waals surface area (Å²) in [7, 11) is 0. The van der Waals surface area contributed by atoms with E-state index in [2.05, 4.69) is 9.88 Å². The number of amides is 2. The minimum absolute atomic E-state index is 0.113. The second-order valence-electron chi connectivity index (χ2n) is 7.47. The van der Waals surface area contributed by atoms with E-state index in [1.54, 1.807) is 29.2 Å². The van der Waals surface area contributed by atoms with Crippen molar-refractivity contribution in [3.63, 3.8) is 0 Å². The Morgan fingerprint density at radius 3 is 2.24 bits per heavy atom. The molecule has 1 aromatic heterocycles. The van der Waals surface area contributed by atoms with Gasteiger partial charge in [0.1, 0.15) is 0 Å². The summed E-state index contributed by atoms with van der Waals surface area (Å²) in [6, 6.07) is 8.70. The minimum atomic E-state index is -0.795. The number of nitrogens with one attached hydrogen (secondary N) is 1. The van der Waals surface area contributed by atoms with Crippen molar-refractivity contribution in [3.8, 4) is 0 Å². The number of aliphatic carboxylic acids is 1. The lowest BCUT2D eigenvalue weighted by Crippen LogP contribution is -2.40. The molecule has 0 spiro atoms. The average molecular weight is 397 g/mol. The Hall–Kier alpha value is -3.09. The predicted molar refractivity (Wildman–Crippen MR) is 110 cm³/mol. The Kier molecular flexibility index (Phi) is 6.06. The van der Waals surface area contributed by atoms with E-state index >= 15 is 0 Å². The maximum Gasteiger partial charge on any atom is 0.306 e. The fraction of sp³-hybridized carbons (Fsp3) is 0.409. The first-order chi connectivity index (χ1) is 13.8. The number of hydrogen-bond acceptors (Lipinski definition) is 3. The van der Waals surface area contributed by atoms with Crippen LogP contribution in [0.15, 0.2) is 30.3 Å². The predicted octanol–water partition coefficient (Wildman–Crippen LogP) is 3.31. The van der Waals surface area contributed by atoms with Gasteiger partial charge in [0.05, 0.1) is 11.5 Å². The molecule has 0 aliphatic carbocycles. The Morgan fingerprint density at radius 1 is 1.10 bits per heavy atom. The molecule has 1 aliphatic rings. The third kappa shape index (κ3) is 4.34. The quantitative estimate of drug-likeness (QED) is 0.810. The van der Waals surface area contributed by atoms with E-state index in [1.807, 2.05) is 26.8 Å². The molecule has 0 atom stereocenters. The molecule has 0 bridgehead atoms. The van der Waals surface area contributed by atoms with Gasteiger partial charge >= 0.3 is 5.97 Å². The van der Waals surface area contributed by atoms with Gasteiger partial charge in [0.25, 0.3) is 11.8 Å². The topological polar surface area (TPSA) is 91.6 Å². The first-order valence-corrected chi connectivity index (χ1v) is 9.92. The molecule has 2 N–H and O–H groups in total. The van der Waals surface area contributed by atoms with Crippen LogP contribution in [0, 0.1) is 19.8 Å². The molecule has 1 aliphatic heterocycles. The van der Waals surface area contributed by atoms with Crippen molar-refractivity contribution in [2.75, 3.05) is 18.4 Å². The van der Waals surface area contributed by atoms with Crippen LogP contribution in [0.3, 0.4) is 0 Å². The molecular weight excluding hydrogens is 370 g/mol. The molecule has 7 nitrogen and oxygen atoms in total. The van der Waals surface area contributed by atoms with Crippen LogP contribution in [0.25, 0.3) is 0 Å². The van der Waals surface area contributed by atoms with Crippen LogP contribution in [0.1, 0.15) is 51.9 Å².